The highest BCUT2D eigenvalue weighted by Gasteiger charge is 2.15. The first-order chi connectivity index (χ1) is 9.51. The molecule has 0 bridgehead atoms. The fourth-order valence-corrected chi connectivity index (χ4v) is 1.63. The number of rotatable bonds is 3. The van der Waals surface area contributed by atoms with E-state index in [-0.39, 0.29) is 17.4 Å². The zero-order valence-corrected chi connectivity index (χ0v) is 10.8. The lowest BCUT2D eigenvalue weighted by molar-refractivity contribution is -0.385. The number of nitro groups is 1. The van der Waals surface area contributed by atoms with Crippen molar-refractivity contribution in [2.75, 3.05) is 0 Å². The van der Waals surface area contributed by atoms with E-state index in [1.54, 1.807) is 19.9 Å². The van der Waals surface area contributed by atoms with Crippen LogP contribution in [0.3, 0.4) is 0 Å². The molecule has 0 aliphatic carbocycles. The number of nitro benzene ring substituents is 1. The van der Waals surface area contributed by atoms with Gasteiger partial charge in [-0.05, 0) is 31.5 Å². The smallest absolute Gasteiger partial charge is 0.323 e. The van der Waals surface area contributed by atoms with Gasteiger partial charge < -0.3 is 4.74 Å². The van der Waals surface area contributed by atoms with Crippen molar-refractivity contribution in [3.63, 3.8) is 0 Å². The first-order valence-corrected chi connectivity index (χ1v) is 5.68. The van der Waals surface area contributed by atoms with E-state index in [1.807, 2.05) is 6.07 Å². The van der Waals surface area contributed by atoms with Gasteiger partial charge in [0.05, 0.1) is 4.92 Å². The Bertz CT molecular complexity index is 722. The second kappa shape index (κ2) is 5.32. The molecule has 7 nitrogen and oxygen atoms in total. The van der Waals surface area contributed by atoms with Gasteiger partial charge in [-0.2, -0.15) is 10.2 Å². The van der Waals surface area contributed by atoms with Crippen molar-refractivity contribution in [3.8, 4) is 17.8 Å². The highest BCUT2D eigenvalue weighted by molar-refractivity contribution is 5.49. The van der Waals surface area contributed by atoms with Gasteiger partial charge in [0.2, 0.25) is 0 Å². The van der Waals surface area contributed by atoms with Gasteiger partial charge in [-0.25, -0.2) is 4.98 Å². The number of nitrogens with zero attached hydrogens (tertiary/aromatic N) is 4. The molecule has 0 fully saturated rings. The third kappa shape index (κ3) is 2.70. The predicted molar refractivity (Wildman–Crippen MR) is 69.4 cm³/mol. The number of aryl methyl sites for hydroxylation is 2. The SMILES string of the molecule is Cc1cc([N+](=O)[O-])c(C)cc1Oc1nccc(C#N)n1. The summed E-state index contributed by atoms with van der Waals surface area (Å²) in [6.07, 6.45) is 1.41. The number of hydrogen-bond donors (Lipinski definition) is 0. The summed E-state index contributed by atoms with van der Waals surface area (Å²) < 4.78 is 5.47. The van der Waals surface area contributed by atoms with Crippen LogP contribution in [0, 0.1) is 35.3 Å². The van der Waals surface area contributed by atoms with Crippen LogP contribution < -0.4 is 4.74 Å². The van der Waals surface area contributed by atoms with E-state index in [0.717, 1.165) is 0 Å². The molecule has 0 unspecified atom stereocenters. The summed E-state index contributed by atoms with van der Waals surface area (Å²) in [5.41, 5.74) is 1.29. The van der Waals surface area contributed by atoms with Crippen molar-refractivity contribution >= 4 is 5.69 Å². The van der Waals surface area contributed by atoms with E-state index in [9.17, 15) is 10.1 Å². The Hall–Kier alpha value is -3.01. The van der Waals surface area contributed by atoms with Crippen molar-refractivity contribution in [3.05, 3.63) is 51.3 Å². The van der Waals surface area contributed by atoms with E-state index in [0.29, 0.717) is 16.9 Å². The standard InChI is InChI=1S/C13H10N4O3/c1-8-6-12(9(2)5-11(8)17(18)19)20-13-15-4-3-10(7-14)16-13/h3-6H,1-2H3. The van der Waals surface area contributed by atoms with Crippen LogP contribution in [0.1, 0.15) is 16.8 Å². The highest BCUT2D eigenvalue weighted by Crippen LogP contribution is 2.29. The average molecular weight is 270 g/mol. The van der Waals surface area contributed by atoms with Gasteiger partial charge in [0.1, 0.15) is 17.5 Å². The number of ether oxygens (including phenoxy) is 1. The number of nitriles is 1. The molecule has 1 aromatic heterocycles. The fourth-order valence-electron chi connectivity index (χ4n) is 1.63. The summed E-state index contributed by atoms with van der Waals surface area (Å²) in [5, 5.41) is 19.6. The lowest BCUT2D eigenvalue weighted by Crippen LogP contribution is -1.98. The van der Waals surface area contributed by atoms with Crippen LogP contribution in [0.2, 0.25) is 0 Å². The third-order valence-corrected chi connectivity index (χ3v) is 2.64. The van der Waals surface area contributed by atoms with Crippen molar-refractivity contribution < 1.29 is 9.66 Å². The molecule has 0 aliphatic heterocycles. The van der Waals surface area contributed by atoms with E-state index < -0.39 is 4.92 Å². The Morgan fingerprint density at radius 3 is 2.75 bits per heavy atom. The van der Waals surface area contributed by atoms with Gasteiger partial charge in [-0.15, -0.1) is 0 Å². The van der Waals surface area contributed by atoms with Gasteiger partial charge in [0, 0.05) is 17.8 Å². The Morgan fingerprint density at radius 2 is 2.10 bits per heavy atom. The van der Waals surface area contributed by atoms with Crippen LogP contribution in [-0.4, -0.2) is 14.9 Å². The summed E-state index contributed by atoms with van der Waals surface area (Å²) in [7, 11) is 0. The van der Waals surface area contributed by atoms with E-state index in [4.69, 9.17) is 10.00 Å². The van der Waals surface area contributed by atoms with E-state index in [2.05, 4.69) is 9.97 Å². The molecule has 100 valence electrons. The topological polar surface area (TPSA) is 102 Å². The van der Waals surface area contributed by atoms with Crippen molar-refractivity contribution in [2.45, 2.75) is 13.8 Å². The minimum absolute atomic E-state index is 0.0282. The monoisotopic (exact) mass is 270 g/mol. The van der Waals surface area contributed by atoms with Crippen LogP contribution in [0.15, 0.2) is 24.4 Å². The summed E-state index contributed by atoms with van der Waals surface area (Å²) in [6, 6.07) is 6.35. The maximum Gasteiger partial charge on any atom is 0.323 e. The van der Waals surface area contributed by atoms with Gasteiger partial charge in [0.15, 0.2) is 0 Å². The summed E-state index contributed by atoms with van der Waals surface area (Å²) in [4.78, 5) is 18.2. The van der Waals surface area contributed by atoms with Gasteiger partial charge in [-0.1, -0.05) is 0 Å². The quantitative estimate of drug-likeness (QED) is 0.627. The minimum Gasteiger partial charge on any atom is -0.424 e. The average Bonchev–Trinajstić information content (AvgIpc) is 2.42. The lowest BCUT2D eigenvalue weighted by Gasteiger charge is -2.08. The number of benzene rings is 1. The fraction of sp³-hybridized carbons (Fsp3) is 0.154. The van der Waals surface area contributed by atoms with Crippen molar-refractivity contribution in [2.24, 2.45) is 0 Å². The largest absolute Gasteiger partial charge is 0.424 e. The van der Waals surface area contributed by atoms with Gasteiger partial charge >= 0.3 is 6.01 Å². The highest BCUT2D eigenvalue weighted by atomic mass is 16.6. The molecule has 2 aromatic rings. The van der Waals surface area contributed by atoms with E-state index in [1.165, 1.54) is 18.3 Å². The molecule has 2 rings (SSSR count). The molecule has 0 N–H and O–H groups in total. The Labute approximate surface area is 114 Å². The normalized spacial score (nSPS) is 9.85. The summed E-state index contributed by atoms with van der Waals surface area (Å²) >= 11 is 0. The molecular weight excluding hydrogens is 260 g/mol. The molecule has 1 heterocycles. The molecule has 1 aromatic carbocycles. The Balaban J connectivity index is 2.37. The van der Waals surface area contributed by atoms with Crippen LogP contribution in [0.25, 0.3) is 0 Å². The molecule has 0 amide bonds. The molecule has 0 spiro atoms. The van der Waals surface area contributed by atoms with Crippen molar-refractivity contribution in [1.82, 2.24) is 9.97 Å². The van der Waals surface area contributed by atoms with Crippen LogP contribution >= 0.6 is 0 Å². The first kappa shape index (κ1) is 13.4. The summed E-state index contributed by atoms with van der Waals surface area (Å²) in [5.74, 6) is 0.420. The zero-order chi connectivity index (χ0) is 14.7. The maximum atomic E-state index is 10.8. The second-order valence-corrected chi connectivity index (χ2v) is 4.10. The van der Waals surface area contributed by atoms with E-state index >= 15 is 0 Å². The first-order valence-electron chi connectivity index (χ1n) is 5.68. The molecule has 20 heavy (non-hydrogen) atoms. The second-order valence-electron chi connectivity index (χ2n) is 4.10. The Morgan fingerprint density at radius 1 is 1.35 bits per heavy atom. The minimum atomic E-state index is -0.446. The maximum absolute atomic E-state index is 10.8. The van der Waals surface area contributed by atoms with Crippen LogP contribution in [0.5, 0.6) is 11.8 Å². The third-order valence-electron chi connectivity index (χ3n) is 2.64. The molecule has 7 heteroatoms. The van der Waals surface area contributed by atoms with Gasteiger partial charge in [0.25, 0.3) is 5.69 Å². The molecule has 0 saturated heterocycles. The predicted octanol–water partition coefficient (Wildman–Crippen LogP) is 2.67. The summed E-state index contributed by atoms with van der Waals surface area (Å²) in [6.45, 7) is 3.31. The Kier molecular flexibility index (Phi) is 3.57. The van der Waals surface area contributed by atoms with Crippen LogP contribution in [0.4, 0.5) is 5.69 Å². The van der Waals surface area contributed by atoms with Crippen molar-refractivity contribution in [1.29, 1.82) is 5.26 Å². The molecule has 0 aliphatic rings. The molecule has 0 atom stereocenters. The zero-order valence-electron chi connectivity index (χ0n) is 10.8. The van der Waals surface area contributed by atoms with Crippen LogP contribution in [-0.2, 0) is 0 Å². The lowest BCUT2D eigenvalue weighted by atomic mass is 10.1. The molecule has 0 saturated carbocycles. The molecular formula is C13H10N4O3. The van der Waals surface area contributed by atoms with Gasteiger partial charge in [-0.3, -0.25) is 10.1 Å². The number of aromatic nitrogens is 2. The number of hydrogen-bond acceptors (Lipinski definition) is 6. The molecule has 0 radical (unpaired) electrons.